The molecule has 1 unspecified atom stereocenters. The highest BCUT2D eigenvalue weighted by molar-refractivity contribution is 4.91. The van der Waals surface area contributed by atoms with Crippen molar-refractivity contribution < 1.29 is 0 Å². The lowest BCUT2D eigenvalue weighted by molar-refractivity contribution is 0.127. The highest BCUT2D eigenvalue weighted by atomic mass is 15.1. The number of piperidine rings is 1. The number of likely N-dealkylation sites (tertiary alicyclic amines) is 1. The summed E-state index contributed by atoms with van der Waals surface area (Å²) in [6.07, 6.45) is 9.66. The Balaban J connectivity index is 1.77. The van der Waals surface area contributed by atoms with Crippen LogP contribution < -0.4 is 5.32 Å². The second kappa shape index (κ2) is 6.38. The van der Waals surface area contributed by atoms with Crippen molar-refractivity contribution in [3.8, 4) is 0 Å². The summed E-state index contributed by atoms with van der Waals surface area (Å²) < 4.78 is 0. The first-order valence-corrected chi connectivity index (χ1v) is 8.10. The van der Waals surface area contributed by atoms with E-state index >= 15 is 0 Å². The largest absolute Gasteiger partial charge is 0.311 e. The predicted molar refractivity (Wildman–Crippen MR) is 78.9 cm³/mol. The molecule has 2 heteroatoms. The third-order valence-corrected chi connectivity index (χ3v) is 5.07. The van der Waals surface area contributed by atoms with Gasteiger partial charge in [-0.2, -0.15) is 0 Å². The summed E-state index contributed by atoms with van der Waals surface area (Å²) in [4.78, 5) is 2.63. The summed E-state index contributed by atoms with van der Waals surface area (Å²) in [6, 6.07) is 1.54. The second-order valence-electron chi connectivity index (χ2n) is 7.07. The molecule has 0 bridgehead atoms. The Labute approximate surface area is 114 Å². The molecule has 2 fully saturated rings. The van der Waals surface area contributed by atoms with E-state index in [9.17, 15) is 0 Å². The molecule has 2 nitrogen and oxygen atoms in total. The van der Waals surface area contributed by atoms with E-state index in [1.165, 1.54) is 64.6 Å². The molecule has 2 aliphatic rings. The molecule has 0 aromatic heterocycles. The van der Waals surface area contributed by atoms with Crippen LogP contribution in [0.2, 0.25) is 0 Å². The summed E-state index contributed by atoms with van der Waals surface area (Å²) in [6.45, 7) is 11.1. The van der Waals surface area contributed by atoms with Gasteiger partial charge in [-0.1, -0.05) is 33.6 Å². The number of nitrogens with one attached hydrogen (secondary N) is 1. The van der Waals surface area contributed by atoms with E-state index in [4.69, 9.17) is 0 Å². The molecule has 0 aromatic carbocycles. The summed E-state index contributed by atoms with van der Waals surface area (Å²) in [7, 11) is 0. The Hall–Kier alpha value is -0.0800. The normalized spacial score (nSPS) is 30.5. The maximum absolute atomic E-state index is 3.98. The van der Waals surface area contributed by atoms with Crippen LogP contribution in [0.3, 0.4) is 0 Å². The van der Waals surface area contributed by atoms with Crippen LogP contribution in [0.15, 0.2) is 0 Å². The molecular weight excluding hydrogens is 220 g/mol. The van der Waals surface area contributed by atoms with E-state index in [0.717, 1.165) is 12.1 Å². The van der Waals surface area contributed by atoms with E-state index in [0.29, 0.717) is 5.41 Å². The maximum Gasteiger partial charge on any atom is 0.0121 e. The summed E-state index contributed by atoms with van der Waals surface area (Å²) in [5.74, 6) is 0. The molecule has 2 rings (SSSR count). The van der Waals surface area contributed by atoms with E-state index < -0.39 is 0 Å². The molecule has 18 heavy (non-hydrogen) atoms. The minimum absolute atomic E-state index is 0.513. The van der Waals surface area contributed by atoms with E-state index in [1.54, 1.807) is 0 Å². The fourth-order valence-corrected chi connectivity index (χ4v) is 3.73. The fourth-order valence-electron chi connectivity index (χ4n) is 3.73. The van der Waals surface area contributed by atoms with Crippen molar-refractivity contribution in [3.05, 3.63) is 0 Å². The molecule has 1 aliphatic carbocycles. The number of hydrogen-bond donors (Lipinski definition) is 1. The molecule has 0 amide bonds. The van der Waals surface area contributed by atoms with Crippen LogP contribution in [0, 0.1) is 5.41 Å². The third-order valence-electron chi connectivity index (χ3n) is 5.07. The van der Waals surface area contributed by atoms with Crippen LogP contribution in [0.4, 0.5) is 0 Å². The van der Waals surface area contributed by atoms with Crippen LogP contribution in [-0.4, -0.2) is 36.6 Å². The van der Waals surface area contributed by atoms with Gasteiger partial charge in [0.25, 0.3) is 0 Å². The Morgan fingerprint density at radius 3 is 2.44 bits per heavy atom. The molecule has 0 aromatic rings. The van der Waals surface area contributed by atoms with Crippen molar-refractivity contribution in [3.63, 3.8) is 0 Å². The molecule has 1 aliphatic heterocycles. The van der Waals surface area contributed by atoms with Crippen LogP contribution in [0.1, 0.15) is 65.7 Å². The Morgan fingerprint density at radius 2 is 1.83 bits per heavy atom. The van der Waals surface area contributed by atoms with Gasteiger partial charge in [-0.15, -0.1) is 0 Å². The average molecular weight is 252 g/mol. The van der Waals surface area contributed by atoms with Crippen LogP contribution in [0.5, 0.6) is 0 Å². The maximum atomic E-state index is 3.98. The highest BCUT2D eigenvalue weighted by Gasteiger charge is 2.33. The quantitative estimate of drug-likeness (QED) is 0.825. The standard InChI is InChI=1S/C16H32N2/c1-4-11-18-12-8-14(9-13-18)17-15-7-5-6-10-16(15,2)3/h14-15,17H,4-13H2,1-3H3. The zero-order chi connectivity index (χ0) is 13.0. The van der Waals surface area contributed by atoms with Crippen LogP contribution in [0.25, 0.3) is 0 Å². The molecule has 1 heterocycles. The Bertz CT molecular complexity index is 241. The van der Waals surface area contributed by atoms with Crippen molar-refractivity contribution in [1.82, 2.24) is 10.2 Å². The zero-order valence-corrected chi connectivity index (χ0v) is 12.7. The molecule has 1 atom stereocenters. The van der Waals surface area contributed by atoms with Crippen LogP contribution in [-0.2, 0) is 0 Å². The number of nitrogens with zero attached hydrogens (tertiary/aromatic N) is 1. The fraction of sp³-hybridized carbons (Fsp3) is 1.00. The zero-order valence-electron chi connectivity index (χ0n) is 12.7. The van der Waals surface area contributed by atoms with Gasteiger partial charge in [-0.3, -0.25) is 0 Å². The van der Waals surface area contributed by atoms with Gasteiger partial charge >= 0.3 is 0 Å². The monoisotopic (exact) mass is 252 g/mol. The van der Waals surface area contributed by atoms with Crippen molar-refractivity contribution in [1.29, 1.82) is 0 Å². The van der Waals surface area contributed by atoms with E-state index in [1.807, 2.05) is 0 Å². The van der Waals surface area contributed by atoms with Gasteiger partial charge in [-0.25, -0.2) is 0 Å². The lowest BCUT2D eigenvalue weighted by Crippen LogP contribution is -2.52. The Kier molecular flexibility index (Phi) is 5.08. The summed E-state index contributed by atoms with van der Waals surface area (Å²) in [5, 5.41) is 3.98. The van der Waals surface area contributed by atoms with Crippen molar-refractivity contribution in [2.75, 3.05) is 19.6 Å². The van der Waals surface area contributed by atoms with E-state index in [-0.39, 0.29) is 0 Å². The lowest BCUT2D eigenvalue weighted by atomic mass is 9.73. The first-order valence-electron chi connectivity index (χ1n) is 8.10. The summed E-state index contributed by atoms with van der Waals surface area (Å²) in [5.41, 5.74) is 0.513. The second-order valence-corrected chi connectivity index (χ2v) is 7.07. The topological polar surface area (TPSA) is 15.3 Å². The van der Waals surface area contributed by atoms with Gasteiger partial charge in [0.1, 0.15) is 0 Å². The van der Waals surface area contributed by atoms with Crippen molar-refractivity contribution in [2.24, 2.45) is 5.41 Å². The first-order chi connectivity index (χ1) is 8.62. The molecule has 0 spiro atoms. The van der Waals surface area contributed by atoms with Crippen LogP contribution >= 0.6 is 0 Å². The molecule has 0 radical (unpaired) electrons. The van der Waals surface area contributed by atoms with E-state index in [2.05, 4.69) is 31.0 Å². The number of rotatable bonds is 4. The molecular formula is C16H32N2. The van der Waals surface area contributed by atoms with Crippen molar-refractivity contribution >= 4 is 0 Å². The average Bonchev–Trinajstić information content (AvgIpc) is 2.34. The molecule has 1 N–H and O–H groups in total. The van der Waals surface area contributed by atoms with Gasteiger partial charge in [0.15, 0.2) is 0 Å². The minimum Gasteiger partial charge on any atom is -0.311 e. The van der Waals surface area contributed by atoms with Gasteiger partial charge < -0.3 is 10.2 Å². The summed E-state index contributed by atoms with van der Waals surface area (Å²) >= 11 is 0. The highest BCUT2D eigenvalue weighted by Crippen LogP contribution is 2.36. The SMILES string of the molecule is CCCN1CCC(NC2CCCCC2(C)C)CC1. The molecule has 1 saturated heterocycles. The van der Waals surface area contributed by atoms with Gasteiger partial charge in [0, 0.05) is 12.1 Å². The minimum atomic E-state index is 0.513. The number of hydrogen-bond acceptors (Lipinski definition) is 2. The van der Waals surface area contributed by atoms with Gasteiger partial charge in [-0.05, 0) is 57.2 Å². The van der Waals surface area contributed by atoms with Gasteiger partial charge in [0.2, 0.25) is 0 Å². The predicted octanol–water partition coefficient (Wildman–Crippen LogP) is 3.42. The third kappa shape index (κ3) is 3.71. The molecule has 1 saturated carbocycles. The molecule has 106 valence electrons. The first kappa shape index (κ1) is 14.3. The smallest absolute Gasteiger partial charge is 0.0121 e. The van der Waals surface area contributed by atoms with Gasteiger partial charge in [0.05, 0.1) is 0 Å². The lowest BCUT2D eigenvalue weighted by Gasteiger charge is -2.43. The van der Waals surface area contributed by atoms with Crippen molar-refractivity contribution in [2.45, 2.75) is 77.8 Å². The Morgan fingerprint density at radius 1 is 1.11 bits per heavy atom.